The Hall–Kier alpha value is -2.38. The number of anilines is 1. The summed E-state index contributed by atoms with van der Waals surface area (Å²) in [5.41, 5.74) is 1.67. The molecule has 1 aliphatic heterocycles. The quantitative estimate of drug-likeness (QED) is 0.543. The summed E-state index contributed by atoms with van der Waals surface area (Å²) in [5.74, 6) is -0.804. The largest absolute Gasteiger partial charge is 0.445 e. The van der Waals surface area contributed by atoms with Crippen LogP contribution in [0, 0.1) is 0 Å². The number of nitrogens with one attached hydrogen (secondary N) is 1. The summed E-state index contributed by atoms with van der Waals surface area (Å²) in [5, 5.41) is 2.88. The van der Waals surface area contributed by atoms with Crippen LogP contribution in [0.1, 0.15) is 22.8 Å². The molecule has 3 aromatic rings. The second kappa shape index (κ2) is 6.41. The Morgan fingerprint density at radius 1 is 1.31 bits per heavy atom. The van der Waals surface area contributed by atoms with E-state index >= 15 is 0 Å². The third kappa shape index (κ3) is 2.97. The molecule has 5 nitrogen and oxygen atoms in total. The average molecular weight is 384 g/mol. The Morgan fingerprint density at radius 3 is 2.92 bits per heavy atom. The first-order valence-corrected chi connectivity index (χ1v) is 10.1. The minimum Gasteiger partial charge on any atom is -0.445 e. The summed E-state index contributed by atoms with van der Waals surface area (Å²) in [7, 11) is 0. The molecule has 0 fully saturated rings. The minimum atomic E-state index is -1.24. The topological polar surface area (TPSA) is 68.3 Å². The van der Waals surface area contributed by atoms with Gasteiger partial charge in [-0.05, 0) is 43.0 Å². The number of nitrogens with zero attached hydrogens (tertiary/aromatic N) is 1. The zero-order valence-electron chi connectivity index (χ0n) is 14.2. The van der Waals surface area contributed by atoms with Crippen LogP contribution in [0.3, 0.4) is 0 Å². The maximum Gasteiger partial charge on any atom is 0.339 e. The second-order valence-electron chi connectivity index (χ2n) is 6.27. The van der Waals surface area contributed by atoms with Crippen molar-refractivity contribution < 1.29 is 14.3 Å². The number of thioether (sulfide) groups is 1. The summed E-state index contributed by atoms with van der Waals surface area (Å²) in [6, 6.07) is 12.8. The highest BCUT2D eigenvalue weighted by Gasteiger charge is 2.42. The number of esters is 1. The summed E-state index contributed by atoms with van der Waals surface area (Å²) in [6.07, 6.45) is 2.33. The van der Waals surface area contributed by atoms with Crippen LogP contribution in [-0.2, 0) is 16.0 Å². The molecule has 0 saturated carbocycles. The van der Waals surface area contributed by atoms with E-state index in [-0.39, 0.29) is 5.91 Å². The lowest BCUT2D eigenvalue weighted by Gasteiger charge is -2.33. The van der Waals surface area contributed by atoms with Crippen LogP contribution in [0.5, 0.6) is 0 Å². The number of carbonyl (C=O) groups excluding carboxylic acids is 2. The highest BCUT2D eigenvalue weighted by atomic mass is 32.2. The van der Waals surface area contributed by atoms with E-state index < -0.39 is 11.6 Å². The molecule has 2 aromatic carbocycles. The number of amides is 1. The summed E-state index contributed by atoms with van der Waals surface area (Å²) < 4.78 is 7.46. The van der Waals surface area contributed by atoms with Gasteiger partial charge in [-0.15, -0.1) is 11.3 Å². The first-order chi connectivity index (χ1) is 12.5. The van der Waals surface area contributed by atoms with E-state index in [9.17, 15) is 9.59 Å². The molecule has 0 unspecified atom stereocenters. The fourth-order valence-corrected chi connectivity index (χ4v) is 4.52. The first-order valence-electron chi connectivity index (χ1n) is 8.06. The van der Waals surface area contributed by atoms with Crippen LogP contribution >= 0.6 is 23.1 Å². The van der Waals surface area contributed by atoms with Crippen molar-refractivity contribution in [2.24, 2.45) is 0 Å². The lowest BCUT2D eigenvalue weighted by Crippen LogP contribution is -2.48. The van der Waals surface area contributed by atoms with Crippen LogP contribution in [-0.4, -0.2) is 28.7 Å². The highest BCUT2D eigenvalue weighted by Crippen LogP contribution is 2.32. The lowest BCUT2D eigenvalue weighted by molar-refractivity contribution is -0.134. The first kappa shape index (κ1) is 17.1. The molecule has 1 atom stereocenters. The Kier molecular flexibility index (Phi) is 4.20. The molecule has 1 aliphatic rings. The minimum absolute atomic E-state index is 0.339. The van der Waals surface area contributed by atoms with E-state index in [1.54, 1.807) is 42.2 Å². The Morgan fingerprint density at radius 2 is 2.12 bits per heavy atom. The van der Waals surface area contributed by atoms with E-state index in [1.807, 2.05) is 36.6 Å². The van der Waals surface area contributed by atoms with Gasteiger partial charge in [0.2, 0.25) is 0 Å². The predicted molar refractivity (Wildman–Crippen MR) is 104 cm³/mol. The van der Waals surface area contributed by atoms with Crippen molar-refractivity contribution >= 4 is 50.9 Å². The normalized spacial score (nSPS) is 19.1. The molecular weight excluding hydrogens is 368 g/mol. The number of hydrogen-bond acceptors (Lipinski definition) is 6. The van der Waals surface area contributed by atoms with Crippen LogP contribution in [0.4, 0.5) is 5.69 Å². The van der Waals surface area contributed by atoms with Crippen LogP contribution in [0.25, 0.3) is 10.2 Å². The van der Waals surface area contributed by atoms with Gasteiger partial charge in [0.05, 0.1) is 15.8 Å². The molecule has 0 aliphatic carbocycles. The van der Waals surface area contributed by atoms with Crippen LogP contribution in [0.2, 0.25) is 0 Å². The molecule has 132 valence electrons. The molecule has 4 rings (SSSR count). The molecule has 1 amide bonds. The number of fused-ring (bicyclic) bond motifs is 2. The number of carbonyl (C=O) groups is 2. The van der Waals surface area contributed by atoms with Gasteiger partial charge < -0.3 is 10.1 Å². The van der Waals surface area contributed by atoms with Crippen LogP contribution < -0.4 is 5.32 Å². The van der Waals surface area contributed by atoms with Gasteiger partial charge in [0, 0.05) is 12.1 Å². The number of hydrogen-bond donors (Lipinski definition) is 1. The number of rotatable bonds is 3. The van der Waals surface area contributed by atoms with Gasteiger partial charge in [0.1, 0.15) is 0 Å². The predicted octanol–water partition coefficient (Wildman–Crippen LogP) is 4.13. The number of aromatic nitrogens is 1. The van der Waals surface area contributed by atoms with E-state index in [4.69, 9.17) is 4.74 Å². The Labute approximate surface area is 158 Å². The van der Waals surface area contributed by atoms with Crippen molar-refractivity contribution in [1.82, 2.24) is 4.98 Å². The standard InChI is InChI=1S/C19H16N2O3S2/c1-19(10-11-5-3-4-6-13(11)16(22)24-19)17(23)20-12-7-8-14-15(9-12)26-18(21-14)25-2/h3-9H,10H2,1-2H3,(H,20,23)/t19-/m1/s1. The molecular formula is C19H16N2O3S2. The third-order valence-corrected chi connectivity index (χ3v) is 6.37. The van der Waals surface area contributed by atoms with Gasteiger partial charge in [-0.25, -0.2) is 9.78 Å². The molecule has 0 spiro atoms. The van der Waals surface area contributed by atoms with Gasteiger partial charge in [-0.3, -0.25) is 4.79 Å². The number of thiazole rings is 1. The molecule has 1 aromatic heterocycles. The molecule has 1 N–H and O–H groups in total. The molecule has 26 heavy (non-hydrogen) atoms. The highest BCUT2D eigenvalue weighted by molar-refractivity contribution is 8.00. The smallest absolute Gasteiger partial charge is 0.339 e. The van der Waals surface area contributed by atoms with E-state index in [0.717, 1.165) is 20.1 Å². The van der Waals surface area contributed by atoms with Crippen molar-refractivity contribution in [2.45, 2.75) is 23.3 Å². The monoisotopic (exact) mass is 384 g/mol. The summed E-state index contributed by atoms with van der Waals surface area (Å²) >= 11 is 3.17. The number of cyclic esters (lactones) is 1. The van der Waals surface area contributed by atoms with Gasteiger partial charge in [-0.2, -0.15) is 0 Å². The Balaban J connectivity index is 1.59. The third-order valence-electron chi connectivity index (χ3n) is 4.36. The summed E-state index contributed by atoms with van der Waals surface area (Å²) in [6.45, 7) is 1.65. The molecule has 0 radical (unpaired) electrons. The maximum atomic E-state index is 12.8. The van der Waals surface area contributed by atoms with Gasteiger partial charge in [0.25, 0.3) is 5.91 Å². The van der Waals surface area contributed by atoms with Crippen molar-refractivity contribution in [3.63, 3.8) is 0 Å². The number of ether oxygens (including phenoxy) is 1. The molecule has 2 heterocycles. The van der Waals surface area contributed by atoms with Gasteiger partial charge in [0.15, 0.2) is 9.94 Å². The van der Waals surface area contributed by atoms with Gasteiger partial charge in [-0.1, -0.05) is 30.0 Å². The zero-order valence-corrected chi connectivity index (χ0v) is 15.9. The van der Waals surface area contributed by atoms with Crippen molar-refractivity contribution in [3.8, 4) is 0 Å². The fraction of sp³-hybridized carbons (Fsp3) is 0.211. The average Bonchev–Trinajstić information content (AvgIpc) is 3.04. The van der Waals surface area contributed by atoms with Crippen molar-refractivity contribution in [1.29, 1.82) is 0 Å². The van der Waals surface area contributed by atoms with Crippen molar-refractivity contribution in [3.05, 3.63) is 53.6 Å². The van der Waals surface area contributed by atoms with Crippen LogP contribution in [0.15, 0.2) is 46.8 Å². The van der Waals surface area contributed by atoms with Crippen molar-refractivity contribution in [2.75, 3.05) is 11.6 Å². The zero-order chi connectivity index (χ0) is 18.3. The maximum absolute atomic E-state index is 12.8. The van der Waals surface area contributed by atoms with E-state index in [0.29, 0.717) is 17.7 Å². The second-order valence-corrected chi connectivity index (χ2v) is 8.36. The lowest BCUT2D eigenvalue weighted by atomic mass is 9.89. The van der Waals surface area contributed by atoms with E-state index in [2.05, 4.69) is 10.3 Å². The van der Waals surface area contributed by atoms with Gasteiger partial charge >= 0.3 is 5.97 Å². The molecule has 0 bridgehead atoms. The summed E-state index contributed by atoms with van der Waals surface area (Å²) in [4.78, 5) is 29.6. The molecule has 7 heteroatoms. The Bertz CT molecular complexity index is 1030. The number of benzene rings is 2. The SMILES string of the molecule is CSc1nc2ccc(NC(=O)[C@@]3(C)Cc4ccccc4C(=O)O3)cc2s1. The van der Waals surface area contributed by atoms with E-state index in [1.165, 1.54) is 0 Å². The molecule has 0 saturated heterocycles. The fourth-order valence-electron chi connectivity index (χ4n) is 2.99.